The molecule has 24 heavy (non-hydrogen) atoms. The Morgan fingerprint density at radius 1 is 1.12 bits per heavy atom. The minimum absolute atomic E-state index is 0.0374. The van der Waals surface area contributed by atoms with Gasteiger partial charge in [0, 0.05) is 29.1 Å². The van der Waals surface area contributed by atoms with E-state index >= 15 is 0 Å². The van der Waals surface area contributed by atoms with Crippen LogP contribution in [0.3, 0.4) is 0 Å². The Balaban J connectivity index is 1.66. The van der Waals surface area contributed by atoms with E-state index in [9.17, 15) is 4.79 Å². The number of hydrogen-bond acceptors (Lipinski definition) is 3. The number of pyridine rings is 1. The van der Waals surface area contributed by atoms with Gasteiger partial charge in [-0.05, 0) is 63.6 Å². The average molecular weight is 323 g/mol. The molecule has 2 aliphatic rings. The van der Waals surface area contributed by atoms with Crippen LogP contribution in [0, 0.1) is 6.92 Å². The molecule has 2 aromatic rings. The van der Waals surface area contributed by atoms with Crippen molar-refractivity contribution in [2.75, 3.05) is 0 Å². The van der Waals surface area contributed by atoms with Crippen molar-refractivity contribution in [3.63, 3.8) is 0 Å². The summed E-state index contributed by atoms with van der Waals surface area (Å²) in [7, 11) is 0. The third kappa shape index (κ3) is 3.16. The number of aryl methyl sites for hydroxylation is 1. The molecule has 126 valence electrons. The molecule has 0 spiro atoms. The zero-order chi connectivity index (χ0) is 16.7. The Labute approximate surface area is 142 Å². The van der Waals surface area contributed by atoms with E-state index in [0.717, 1.165) is 53.4 Å². The summed E-state index contributed by atoms with van der Waals surface area (Å²) < 4.78 is 0. The molecule has 3 N–H and O–H groups in total. The van der Waals surface area contributed by atoms with Gasteiger partial charge in [0.05, 0.1) is 11.1 Å². The fraction of sp³-hybridized carbons (Fsp3) is 0.500. The van der Waals surface area contributed by atoms with Gasteiger partial charge in [-0.1, -0.05) is 11.6 Å². The number of amides is 1. The number of fused-ring (bicyclic) bond motifs is 1. The van der Waals surface area contributed by atoms with Crippen LogP contribution in [0.2, 0.25) is 0 Å². The second-order valence-electron chi connectivity index (χ2n) is 7.47. The van der Waals surface area contributed by atoms with E-state index in [4.69, 9.17) is 10.7 Å². The second-order valence-corrected chi connectivity index (χ2v) is 7.47. The number of aromatic nitrogens is 1. The summed E-state index contributed by atoms with van der Waals surface area (Å²) in [4.78, 5) is 17.7. The predicted octanol–water partition coefficient (Wildman–Crippen LogP) is 3.42. The van der Waals surface area contributed by atoms with Crippen molar-refractivity contribution in [3.8, 4) is 0 Å². The second kappa shape index (κ2) is 6.17. The fourth-order valence-corrected chi connectivity index (χ4v) is 3.66. The first-order chi connectivity index (χ1) is 11.6. The number of rotatable bonds is 3. The van der Waals surface area contributed by atoms with Gasteiger partial charge >= 0.3 is 0 Å². The molecule has 0 aliphatic heterocycles. The average Bonchev–Trinajstić information content (AvgIpc) is 3.41. The van der Waals surface area contributed by atoms with E-state index < -0.39 is 0 Å². The van der Waals surface area contributed by atoms with Gasteiger partial charge in [0.15, 0.2) is 0 Å². The van der Waals surface area contributed by atoms with Crippen LogP contribution in [0.5, 0.6) is 0 Å². The van der Waals surface area contributed by atoms with Crippen molar-refractivity contribution >= 4 is 16.8 Å². The molecule has 0 unspecified atom stereocenters. The Morgan fingerprint density at radius 3 is 2.58 bits per heavy atom. The molecular formula is C20H25N3O. The molecular weight excluding hydrogens is 298 g/mol. The minimum Gasteiger partial charge on any atom is -0.349 e. The van der Waals surface area contributed by atoms with Crippen LogP contribution in [-0.2, 0) is 0 Å². The first-order valence-corrected chi connectivity index (χ1v) is 9.08. The highest BCUT2D eigenvalue weighted by Crippen LogP contribution is 2.40. The quantitative estimate of drug-likeness (QED) is 0.909. The topological polar surface area (TPSA) is 68.0 Å². The summed E-state index contributed by atoms with van der Waals surface area (Å²) >= 11 is 0. The smallest absolute Gasteiger partial charge is 0.252 e. The Kier molecular flexibility index (Phi) is 4.01. The third-order valence-corrected chi connectivity index (χ3v) is 5.33. The molecule has 4 nitrogen and oxygen atoms in total. The van der Waals surface area contributed by atoms with Crippen molar-refractivity contribution < 1.29 is 4.79 Å². The first-order valence-electron chi connectivity index (χ1n) is 9.08. The van der Waals surface area contributed by atoms with E-state index in [0.29, 0.717) is 12.0 Å². The van der Waals surface area contributed by atoms with E-state index in [1.54, 1.807) is 0 Å². The van der Waals surface area contributed by atoms with Crippen molar-refractivity contribution in [1.82, 2.24) is 10.3 Å². The number of carbonyl (C=O) groups is 1. The maximum absolute atomic E-state index is 12.9. The van der Waals surface area contributed by atoms with Gasteiger partial charge in [-0.2, -0.15) is 0 Å². The van der Waals surface area contributed by atoms with Gasteiger partial charge < -0.3 is 11.1 Å². The summed E-state index contributed by atoms with van der Waals surface area (Å²) in [5, 5.41) is 4.19. The summed E-state index contributed by atoms with van der Waals surface area (Å²) in [5.41, 5.74) is 9.90. The van der Waals surface area contributed by atoms with Gasteiger partial charge in [-0.15, -0.1) is 0 Å². The molecule has 2 fully saturated rings. The van der Waals surface area contributed by atoms with Crippen LogP contribution in [0.25, 0.3) is 10.9 Å². The summed E-state index contributed by atoms with van der Waals surface area (Å²) in [6, 6.07) is 8.73. The Morgan fingerprint density at radius 2 is 1.88 bits per heavy atom. The van der Waals surface area contributed by atoms with Crippen LogP contribution in [0.1, 0.15) is 66.1 Å². The molecule has 2 saturated carbocycles. The standard InChI is InChI=1S/C20H25N3O/c1-12-2-9-18-16(10-12)17(11-19(23-18)13-3-4-13)20(24)22-15-7-5-14(21)6-8-15/h2,9-11,13-15H,3-8,21H2,1H3,(H,22,24). The van der Waals surface area contributed by atoms with Crippen LogP contribution < -0.4 is 11.1 Å². The van der Waals surface area contributed by atoms with E-state index in [1.165, 1.54) is 12.8 Å². The highest BCUT2D eigenvalue weighted by molar-refractivity contribution is 6.06. The van der Waals surface area contributed by atoms with Crippen LogP contribution in [0.15, 0.2) is 24.3 Å². The zero-order valence-corrected chi connectivity index (χ0v) is 14.2. The SMILES string of the molecule is Cc1ccc2nc(C3CC3)cc(C(=O)NC3CCC(N)CC3)c2c1. The molecule has 0 saturated heterocycles. The largest absolute Gasteiger partial charge is 0.349 e. The van der Waals surface area contributed by atoms with Crippen LogP contribution in [0.4, 0.5) is 0 Å². The number of benzene rings is 1. The molecule has 4 heteroatoms. The maximum atomic E-state index is 12.9. The summed E-state index contributed by atoms with van der Waals surface area (Å²) in [6.07, 6.45) is 6.32. The lowest BCUT2D eigenvalue weighted by molar-refractivity contribution is 0.0927. The normalized spacial score (nSPS) is 24.1. The molecule has 1 amide bonds. The first kappa shape index (κ1) is 15.6. The molecule has 0 radical (unpaired) electrons. The lowest BCUT2D eigenvalue weighted by atomic mass is 9.91. The summed E-state index contributed by atoms with van der Waals surface area (Å²) in [5.74, 6) is 0.574. The monoisotopic (exact) mass is 323 g/mol. The van der Waals surface area contributed by atoms with Crippen LogP contribution >= 0.6 is 0 Å². The van der Waals surface area contributed by atoms with Crippen molar-refractivity contribution in [1.29, 1.82) is 0 Å². The lowest BCUT2D eigenvalue weighted by Crippen LogP contribution is -2.40. The third-order valence-electron chi connectivity index (χ3n) is 5.33. The highest BCUT2D eigenvalue weighted by Gasteiger charge is 2.28. The van der Waals surface area contributed by atoms with E-state index in [1.807, 2.05) is 12.1 Å². The fourth-order valence-electron chi connectivity index (χ4n) is 3.66. The van der Waals surface area contributed by atoms with Crippen LogP contribution in [-0.4, -0.2) is 23.0 Å². The minimum atomic E-state index is 0.0374. The van der Waals surface area contributed by atoms with Gasteiger partial charge in [0.2, 0.25) is 0 Å². The van der Waals surface area contributed by atoms with Gasteiger partial charge in [0.1, 0.15) is 0 Å². The van der Waals surface area contributed by atoms with Crippen molar-refractivity contribution in [2.45, 2.75) is 63.5 Å². The molecule has 0 bridgehead atoms. The lowest BCUT2D eigenvalue weighted by Gasteiger charge is -2.27. The Hall–Kier alpha value is -1.94. The van der Waals surface area contributed by atoms with Gasteiger partial charge in [-0.3, -0.25) is 9.78 Å². The summed E-state index contributed by atoms with van der Waals surface area (Å²) in [6.45, 7) is 2.05. The molecule has 1 heterocycles. The molecule has 2 aliphatic carbocycles. The molecule has 1 aromatic heterocycles. The van der Waals surface area contributed by atoms with E-state index in [2.05, 4.69) is 24.4 Å². The van der Waals surface area contributed by atoms with Crippen molar-refractivity contribution in [3.05, 3.63) is 41.1 Å². The number of carbonyl (C=O) groups excluding carboxylic acids is 1. The molecule has 1 aromatic carbocycles. The van der Waals surface area contributed by atoms with Crippen molar-refractivity contribution in [2.24, 2.45) is 5.73 Å². The number of nitrogens with two attached hydrogens (primary N) is 1. The molecule has 0 atom stereocenters. The Bertz CT molecular complexity index is 774. The van der Waals surface area contributed by atoms with E-state index in [-0.39, 0.29) is 11.9 Å². The number of nitrogens with one attached hydrogen (secondary N) is 1. The predicted molar refractivity (Wildman–Crippen MR) is 96.2 cm³/mol. The van der Waals surface area contributed by atoms with Gasteiger partial charge in [-0.25, -0.2) is 0 Å². The van der Waals surface area contributed by atoms with Gasteiger partial charge in [0.25, 0.3) is 5.91 Å². The maximum Gasteiger partial charge on any atom is 0.252 e. The number of nitrogens with zero attached hydrogens (tertiary/aromatic N) is 1. The molecule has 4 rings (SSSR count). The zero-order valence-electron chi connectivity index (χ0n) is 14.2. The number of hydrogen-bond donors (Lipinski definition) is 2. The highest BCUT2D eigenvalue weighted by atomic mass is 16.1.